The number of aliphatic hydroxyl groups is 1. The van der Waals surface area contributed by atoms with Crippen molar-refractivity contribution in [1.82, 2.24) is 10.2 Å². The Hall–Kier alpha value is -2.09. The van der Waals surface area contributed by atoms with Gasteiger partial charge in [-0.3, -0.25) is 9.69 Å². The van der Waals surface area contributed by atoms with Crippen LogP contribution in [0.5, 0.6) is 0 Å². The van der Waals surface area contributed by atoms with Crippen molar-refractivity contribution < 1.29 is 29.0 Å². The van der Waals surface area contributed by atoms with Gasteiger partial charge in [0.25, 0.3) is 0 Å². The van der Waals surface area contributed by atoms with Crippen LogP contribution in [0.25, 0.3) is 0 Å². The molecule has 0 spiro atoms. The van der Waals surface area contributed by atoms with Crippen LogP contribution in [0, 0.1) is 11.8 Å². The third-order valence-corrected chi connectivity index (χ3v) is 5.10. The van der Waals surface area contributed by atoms with Crippen molar-refractivity contribution in [3.63, 3.8) is 0 Å². The molecule has 2 N–H and O–H groups in total. The first-order valence-corrected chi connectivity index (χ1v) is 11.3. The van der Waals surface area contributed by atoms with E-state index in [4.69, 9.17) is 9.47 Å². The number of amides is 2. The third-order valence-electron chi connectivity index (χ3n) is 5.10. The first-order valence-electron chi connectivity index (χ1n) is 11.3. The largest absolute Gasteiger partial charge is 0.458 e. The summed E-state index contributed by atoms with van der Waals surface area (Å²) in [6.45, 7) is 17.4. The lowest BCUT2D eigenvalue weighted by molar-refractivity contribution is -0.160. The molecule has 184 valence electrons. The second kappa shape index (κ2) is 10.7. The molecule has 1 aliphatic heterocycles. The molecule has 0 unspecified atom stereocenters. The van der Waals surface area contributed by atoms with Crippen LogP contribution in [-0.4, -0.2) is 63.4 Å². The van der Waals surface area contributed by atoms with E-state index in [1.54, 1.807) is 41.5 Å². The Labute approximate surface area is 192 Å². The zero-order valence-corrected chi connectivity index (χ0v) is 21.3. The maximum atomic E-state index is 13.4. The number of nitrogens with zero attached hydrogens (tertiary/aromatic N) is 1. The molecule has 0 radical (unpaired) electrons. The Morgan fingerprint density at radius 1 is 1.06 bits per heavy atom. The van der Waals surface area contributed by atoms with Crippen LogP contribution in [0.3, 0.4) is 0 Å². The van der Waals surface area contributed by atoms with Gasteiger partial charge in [-0.25, -0.2) is 9.59 Å². The monoisotopic (exact) mass is 454 g/mol. The molecule has 1 heterocycles. The topological polar surface area (TPSA) is 105 Å². The summed E-state index contributed by atoms with van der Waals surface area (Å²) in [6, 6.07) is -2.40. The fraction of sp³-hybridized carbons (Fsp3) is 0.792. The van der Waals surface area contributed by atoms with Crippen LogP contribution in [-0.2, 0) is 19.1 Å². The molecule has 0 aliphatic carbocycles. The molecule has 0 aromatic heterocycles. The maximum Gasteiger partial charge on any atom is 0.411 e. The van der Waals surface area contributed by atoms with Gasteiger partial charge < -0.3 is 19.9 Å². The van der Waals surface area contributed by atoms with Gasteiger partial charge in [0.05, 0.1) is 18.2 Å². The first-order chi connectivity index (χ1) is 14.5. The van der Waals surface area contributed by atoms with Crippen molar-refractivity contribution in [3.05, 3.63) is 12.2 Å². The molecule has 1 rings (SSSR count). The van der Waals surface area contributed by atoms with Gasteiger partial charge in [0.15, 0.2) is 0 Å². The highest BCUT2D eigenvalue weighted by Gasteiger charge is 2.53. The van der Waals surface area contributed by atoms with E-state index in [-0.39, 0.29) is 17.7 Å². The van der Waals surface area contributed by atoms with Crippen molar-refractivity contribution >= 4 is 18.0 Å². The number of aliphatic hydroxyl groups excluding tert-OH is 1. The number of allylic oxidation sites excluding steroid dienone is 1. The zero-order valence-electron chi connectivity index (χ0n) is 21.3. The molecule has 8 heteroatoms. The molecule has 0 bridgehead atoms. The Kier molecular flexibility index (Phi) is 9.33. The minimum atomic E-state index is -0.945. The van der Waals surface area contributed by atoms with Gasteiger partial charge in [0.2, 0.25) is 5.91 Å². The van der Waals surface area contributed by atoms with E-state index < -0.39 is 47.5 Å². The second-order valence-electron chi connectivity index (χ2n) is 10.8. The molecule has 5 atom stereocenters. The quantitative estimate of drug-likeness (QED) is 0.471. The highest BCUT2D eigenvalue weighted by molar-refractivity contribution is 5.83. The number of esters is 1. The van der Waals surface area contributed by atoms with Crippen LogP contribution in [0.2, 0.25) is 0 Å². The fourth-order valence-electron chi connectivity index (χ4n) is 3.97. The van der Waals surface area contributed by atoms with Crippen LogP contribution in [0.4, 0.5) is 4.79 Å². The summed E-state index contributed by atoms with van der Waals surface area (Å²) in [4.78, 5) is 39.9. The van der Waals surface area contributed by atoms with E-state index in [0.29, 0.717) is 6.42 Å². The Morgan fingerprint density at radius 3 is 2.00 bits per heavy atom. The third kappa shape index (κ3) is 7.80. The van der Waals surface area contributed by atoms with Crippen LogP contribution < -0.4 is 5.32 Å². The number of hydrogen-bond donors (Lipinski definition) is 2. The van der Waals surface area contributed by atoms with E-state index in [1.165, 1.54) is 11.8 Å². The summed E-state index contributed by atoms with van der Waals surface area (Å²) in [5.74, 6) is -1.37. The summed E-state index contributed by atoms with van der Waals surface area (Å²) >= 11 is 0. The summed E-state index contributed by atoms with van der Waals surface area (Å²) < 4.78 is 11.3. The molecular weight excluding hydrogens is 412 g/mol. The van der Waals surface area contributed by atoms with Gasteiger partial charge in [0.1, 0.15) is 17.2 Å². The molecule has 2 amide bonds. The van der Waals surface area contributed by atoms with Gasteiger partial charge in [-0.15, -0.1) is 0 Å². The molecule has 1 aliphatic rings. The number of nitrogens with one attached hydrogen (secondary N) is 1. The van der Waals surface area contributed by atoms with E-state index in [1.807, 2.05) is 32.9 Å². The maximum absolute atomic E-state index is 13.4. The Morgan fingerprint density at radius 2 is 1.59 bits per heavy atom. The Balaban J connectivity index is 3.59. The number of carbonyl (C=O) groups is 3. The molecule has 0 aromatic carbocycles. The van der Waals surface area contributed by atoms with Crippen LogP contribution in [0.15, 0.2) is 12.2 Å². The van der Waals surface area contributed by atoms with Gasteiger partial charge >= 0.3 is 12.1 Å². The average molecular weight is 455 g/mol. The minimum absolute atomic E-state index is 0.195. The van der Waals surface area contributed by atoms with Crippen molar-refractivity contribution in [2.45, 2.75) is 111 Å². The number of hydrogen-bond acceptors (Lipinski definition) is 6. The molecule has 0 saturated carbocycles. The molecule has 1 fully saturated rings. The number of rotatable bonds is 6. The molecule has 1 saturated heterocycles. The summed E-state index contributed by atoms with van der Waals surface area (Å²) in [5.41, 5.74) is -1.53. The molecular formula is C24H42N2O6. The highest BCUT2D eigenvalue weighted by Crippen LogP contribution is 2.37. The first kappa shape index (κ1) is 27.9. The van der Waals surface area contributed by atoms with Crippen molar-refractivity contribution in [3.8, 4) is 0 Å². The predicted octanol–water partition coefficient (Wildman–Crippen LogP) is 3.42. The van der Waals surface area contributed by atoms with Crippen LogP contribution >= 0.6 is 0 Å². The minimum Gasteiger partial charge on any atom is -0.458 e. The van der Waals surface area contributed by atoms with Crippen LogP contribution in [0.1, 0.15) is 75.7 Å². The SMILES string of the molecule is CC=C[C@@H]1C[C@@H](C(=O)OC(C)(C)C)N(C(=O)OC(C)(C)C)[C@H]1[C@@H](NC(C)=O)[C@H](O)C(C)C. The number of carbonyl (C=O) groups excluding carboxylic acids is 3. The number of likely N-dealkylation sites (tertiary alicyclic amines) is 1. The van der Waals surface area contributed by atoms with Crippen molar-refractivity contribution in [2.24, 2.45) is 11.8 Å². The summed E-state index contributed by atoms with van der Waals surface area (Å²) in [7, 11) is 0. The fourth-order valence-corrected chi connectivity index (χ4v) is 3.97. The smallest absolute Gasteiger partial charge is 0.411 e. The number of ether oxygens (including phenoxy) is 2. The van der Waals surface area contributed by atoms with E-state index in [9.17, 15) is 19.5 Å². The lowest BCUT2D eigenvalue weighted by Gasteiger charge is -2.40. The lowest BCUT2D eigenvalue weighted by Crippen LogP contribution is -2.61. The molecule has 32 heavy (non-hydrogen) atoms. The standard InChI is InChI=1S/C24H42N2O6/c1-11-12-16-13-17(21(29)31-23(5,6)7)26(22(30)32-24(8,9)10)19(16)18(25-15(4)27)20(28)14(2)3/h11-12,14,16-20,28H,13H2,1-10H3,(H,25,27)/t16-,17+,18-,19-,20-/m1/s1. The average Bonchev–Trinajstić information content (AvgIpc) is 2.95. The van der Waals surface area contributed by atoms with E-state index in [2.05, 4.69) is 5.32 Å². The highest BCUT2D eigenvalue weighted by atomic mass is 16.6. The summed E-state index contributed by atoms with van der Waals surface area (Å²) in [6.07, 6.45) is 2.41. The lowest BCUT2D eigenvalue weighted by atomic mass is 9.86. The van der Waals surface area contributed by atoms with E-state index in [0.717, 1.165) is 0 Å². The van der Waals surface area contributed by atoms with Gasteiger partial charge in [-0.2, -0.15) is 0 Å². The summed E-state index contributed by atoms with van der Waals surface area (Å²) in [5, 5.41) is 13.8. The second-order valence-corrected chi connectivity index (χ2v) is 10.8. The predicted molar refractivity (Wildman–Crippen MR) is 123 cm³/mol. The van der Waals surface area contributed by atoms with Gasteiger partial charge in [0, 0.05) is 12.8 Å². The zero-order chi connectivity index (χ0) is 25.0. The van der Waals surface area contributed by atoms with E-state index >= 15 is 0 Å². The Bertz CT molecular complexity index is 704. The molecule has 0 aromatic rings. The van der Waals surface area contributed by atoms with Crippen molar-refractivity contribution in [2.75, 3.05) is 0 Å². The van der Waals surface area contributed by atoms with Gasteiger partial charge in [-0.05, 0) is 60.8 Å². The van der Waals surface area contributed by atoms with Gasteiger partial charge in [-0.1, -0.05) is 26.0 Å². The van der Waals surface area contributed by atoms with Crippen molar-refractivity contribution in [1.29, 1.82) is 0 Å². The molecule has 8 nitrogen and oxygen atoms in total. The normalized spacial score (nSPS) is 23.9.